The molecule has 15 heavy (non-hydrogen) atoms. The number of benzene rings is 1. The van der Waals surface area contributed by atoms with Gasteiger partial charge in [-0.25, -0.2) is 8.42 Å². The Kier molecular flexibility index (Phi) is 6.53. The number of rotatable bonds is 3. The van der Waals surface area contributed by atoms with Gasteiger partial charge < -0.3 is 14.4 Å². The Morgan fingerprint density at radius 2 is 1.80 bits per heavy atom. The van der Waals surface area contributed by atoms with Gasteiger partial charge in [-0.1, -0.05) is 0 Å². The smallest absolute Gasteiger partial charge is 0.744 e. The van der Waals surface area contributed by atoms with Crippen LogP contribution >= 0.6 is 0 Å². The molecule has 0 aliphatic heterocycles. The summed E-state index contributed by atoms with van der Waals surface area (Å²) in [6, 6.07) is 4.86. The molecule has 78 valence electrons. The number of aliphatic hydroxyl groups is 1. The van der Waals surface area contributed by atoms with Crippen molar-refractivity contribution in [2.45, 2.75) is 18.1 Å². The Morgan fingerprint density at radius 1 is 1.33 bits per heavy atom. The summed E-state index contributed by atoms with van der Waals surface area (Å²) in [6.07, 6.45) is -0.982. The topological polar surface area (TPSA) is 86.7 Å². The van der Waals surface area contributed by atoms with Crippen LogP contribution < -0.4 is 56.1 Å². The van der Waals surface area contributed by atoms with Crippen LogP contribution in [0.5, 0.6) is 5.75 Å². The maximum Gasteiger partial charge on any atom is 1.00 e. The van der Waals surface area contributed by atoms with Crippen molar-refractivity contribution in [3.63, 3.8) is 0 Å². The molecule has 0 amide bonds. The molecule has 1 N–H and O–H groups in total. The first kappa shape index (κ1) is 15.5. The van der Waals surface area contributed by atoms with Gasteiger partial charge in [0, 0.05) is 0 Å². The predicted molar refractivity (Wildman–Crippen MR) is 46.7 cm³/mol. The zero-order valence-corrected chi connectivity index (χ0v) is 12.3. The Morgan fingerprint density at radius 3 is 2.13 bits per heavy atom. The van der Waals surface area contributed by atoms with Gasteiger partial charge >= 0.3 is 51.4 Å². The van der Waals surface area contributed by atoms with Crippen LogP contribution in [0.1, 0.15) is 6.92 Å². The second-order valence-corrected chi connectivity index (χ2v) is 4.02. The summed E-state index contributed by atoms with van der Waals surface area (Å²) in [5, 5.41) is 8.83. The Labute approximate surface area is 131 Å². The third kappa shape index (κ3) is 5.41. The van der Waals surface area contributed by atoms with Crippen molar-refractivity contribution in [1.82, 2.24) is 0 Å². The number of hydrogen-bond donors (Lipinski definition) is 1. The van der Waals surface area contributed by atoms with Gasteiger partial charge in [0.05, 0.1) is 4.90 Å². The summed E-state index contributed by atoms with van der Waals surface area (Å²) >= 11 is 0. The van der Waals surface area contributed by atoms with Crippen molar-refractivity contribution in [3.8, 4) is 5.75 Å². The molecule has 1 unspecified atom stereocenters. The van der Waals surface area contributed by atoms with Crippen LogP contribution in [-0.2, 0) is 10.1 Å². The average molecular weight is 256 g/mol. The van der Waals surface area contributed by atoms with Gasteiger partial charge in [0.25, 0.3) is 0 Å². The fourth-order valence-corrected chi connectivity index (χ4v) is 1.35. The SMILES string of the molecule is CC(O)Oc1ccc(S(=O)(=O)[O-])cc1.[K+]. The minimum atomic E-state index is -4.42. The normalized spacial score (nSPS) is 12.7. The first-order valence-electron chi connectivity index (χ1n) is 3.80. The van der Waals surface area contributed by atoms with Crippen molar-refractivity contribution >= 4 is 10.1 Å². The standard InChI is InChI=1S/C8H10O5S.K/c1-6(9)13-7-2-4-8(5-3-7)14(10,11)12;/h2-6,9H,1H3,(H,10,11,12);/q;+1/p-1. The van der Waals surface area contributed by atoms with E-state index < -0.39 is 16.4 Å². The molecule has 1 aromatic rings. The third-order valence-electron chi connectivity index (χ3n) is 1.42. The van der Waals surface area contributed by atoms with Crippen molar-refractivity contribution in [2.24, 2.45) is 0 Å². The summed E-state index contributed by atoms with van der Waals surface area (Å²) in [4.78, 5) is -0.324. The van der Waals surface area contributed by atoms with Crippen molar-refractivity contribution in [2.75, 3.05) is 0 Å². The molecule has 1 atom stereocenters. The van der Waals surface area contributed by atoms with Crippen molar-refractivity contribution in [3.05, 3.63) is 24.3 Å². The molecule has 1 rings (SSSR count). The van der Waals surface area contributed by atoms with Crippen LogP contribution in [0.2, 0.25) is 0 Å². The van der Waals surface area contributed by atoms with Gasteiger partial charge in [0.2, 0.25) is 0 Å². The minimum Gasteiger partial charge on any atom is -0.744 e. The maximum atomic E-state index is 10.5. The zero-order chi connectivity index (χ0) is 10.8. The molecule has 0 aliphatic rings. The van der Waals surface area contributed by atoms with Crippen LogP contribution in [-0.4, -0.2) is 24.4 Å². The average Bonchev–Trinajstić information content (AvgIpc) is 2.02. The molecule has 0 radical (unpaired) electrons. The molecule has 0 aromatic heterocycles. The Hall–Kier alpha value is 0.526. The number of hydrogen-bond acceptors (Lipinski definition) is 5. The van der Waals surface area contributed by atoms with E-state index in [2.05, 4.69) is 0 Å². The quantitative estimate of drug-likeness (QED) is 0.361. The minimum absolute atomic E-state index is 0. The predicted octanol–water partition coefficient (Wildman–Crippen LogP) is -2.69. The van der Waals surface area contributed by atoms with Crippen molar-refractivity contribution in [1.29, 1.82) is 0 Å². The van der Waals surface area contributed by atoms with Gasteiger partial charge in [-0.2, -0.15) is 0 Å². The molecule has 5 nitrogen and oxygen atoms in total. The molecule has 0 bridgehead atoms. The number of ether oxygens (including phenoxy) is 1. The van der Waals surface area contributed by atoms with E-state index in [0.717, 1.165) is 12.1 Å². The van der Waals surface area contributed by atoms with E-state index in [-0.39, 0.29) is 56.3 Å². The first-order chi connectivity index (χ1) is 6.39. The fraction of sp³-hybridized carbons (Fsp3) is 0.250. The van der Waals surface area contributed by atoms with E-state index in [4.69, 9.17) is 9.84 Å². The third-order valence-corrected chi connectivity index (χ3v) is 2.27. The second-order valence-electron chi connectivity index (χ2n) is 2.64. The van der Waals surface area contributed by atoms with E-state index in [1.807, 2.05) is 0 Å². The molecular formula is C8H9KO5S. The van der Waals surface area contributed by atoms with Crippen LogP contribution in [0.3, 0.4) is 0 Å². The van der Waals surface area contributed by atoms with Crippen LogP contribution in [0.25, 0.3) is 0 Å². The first-order valence-corrected chi connectivity index (χ1v) is 5.21. The summed E-state index contributed by atoms with van der Waals surface area (Å²) in [5.74, 6) is 0.299. The summed E-state index contributed by atoms with van der Waals surface area (Å²) in [6.45, 7) is 1.41. The van der Waals surface area contributed by atoms with Crippen molar-refractivity contribution < 1.29 is 74.2 Å². The van der Waals surface area contributed by atoms with Gasteiger partial charge in [-0.3, -0.25) is 0 Å². The summed E-state index contributed by atoms with van der Waals surface area (Å²) in [7, 11) is -4.42. The van der Waals surface area contributed by atoms with E-state index in [1.54, 1.807) is 0 Å². The zero-order valence-electron chi connectivity index (χ0n) is 8.38. The van der Waals surface area contributed by atoms with Gasteiger partial charge in [0.15, 0.2) is 6.29 Å². The molecule has 0 spiro atoms. The molecule has 0 fully saturated rings. The van der Waals surface area contributed by atoms with Crippen LogP contribution in [0, 0.1) is 0 Å². The molecule has 1 aromatic carbocycles. The molecule has 0 heterocycles. The largest absolute Gasteiger partial charge is 1.00 e. The summed E-state index contributed by atoms with van der Waals surface area (Å²) < 4.78 is 36.4. The molecule has 0 saturated heterocycles. The molecule has 7 heteroatoms. The second kappa shape index (κ2) is 6.31. The maximum absolute atomic E-state index is 10.5. The van der Waals surface area contributed by atoms with E-state index in [9.17, 15) is 13.0 Å². The van der Waals surface area contributed by atoms with Gasteiger partial charge in [0.1, 0.15) is 15.9 Å². The van der Waals surface area contributed by atoms with Gasteiger partial charge in [-0.05, 0) is 31.2 Å². The Bertz CT molecular complexity index is 398. The van der Waals surface area contributed by atoms with Crippen LogP contribution in [0.15, 0.2) is 29.2 Å². The summed E-state index contributed by atoms with van der Waals surface area (Å²) in [5.41, 5.74) is 0. The molecule has 0 aliphatic carbocycles. The monoisotopic (exact) mass is 256 g/mol. The van der Waals surface area contributed by atoms with E-state index in [0.29, 0.717) is 5.75 Å². The fourth-order valence-electron chi connectivity index (χ4n) is 0.882. The van der Waals surface area contributed by atoms with E-state index >= 15 is 0 Å². The number of aliphatic hydroxyl groups excluding tert-OH is 1. The molecule has 0 saturated carbocycles. The van der Waals surface area contributed by atoms with E-state index in [1.165, 1.54) is 19.1 Å². The van der Waals surface area contributed by atoms with Crippen LogP contribution in [0.4, 0.5) is 0 Å². The van der Waals surface area contributed by atoms with Gasteiger partial charge in [-0.15, -0.1) is 0 Å². The Balaban J connectivity index is 0.00000196. The molecular weight excluding hydrogens is 247 g/mol.